The topological polar surface area (TPSA) is 76.1 Å². The molecule has 1 saturated heterocycles. The maximum atomic E-state index is 13.2. The number of nitrogens with zero attached hydrogens (tertiary/aromatic N) is 1. The highest BCUT2D eigenvalue weighted by molar-refractivity contribution is 6.46. The fourth-order valence-electron chi connectivity index (χ4n) is 4.04. The van der Waals surface area contributed by atoms with E-state index in [9.17, 15) is 14.7 Å². The van der Waals surface area contributed by atoms with Gasteiger partial charge in [0.25, 0.3) is 11.7 Å². The Hall–Kier alpha value is -3.48. The van der Waals surface area contributed by atoms with E-state index in [0.717, 1.165) is 5.56 Å². The smallest absolute Gasteiger partial charge is 0.295 e. The second-order valence-electron chi connectivity index (χ2n) is 7.66. The van der Waals surface area contributed by atoms with Gasteiger partial charge in [0.1, 0.15) is 11.5 Å². The van der Waals surface area contributed by atoms with E-state index in [1.54, 1.807) is 31.4 Å². The Morgan fingerprint density at radius 1 is 0.941 bits per heavy atom. The molecule has 1 atom stereocenters. The normalized spacial score (nSPS) is 17.2. The lowest BCUT2D eigenvalue weighted by molar-refractivity contribution is -0.140. The molecule has 3 aromatic carbocycles. The molecule has 0 bridgehead atoms. The molecule has 0 spiro atoms. The van der Waals surface area contributed by atoms with Crippen molar-refractivity contribution in [3.05, 3.63) is 99.0 Å². The summed E-state index contributed by atoms with van der Waals surface area (Å²) in [4.78, 5) is 27.8. The number of aliphatic hydroxyl groups is 1. The van der Waals surface area contributed by atoms with Crippen LogP contribution in [0.15, 0.2) is 72.3 Å². The zero-order valence-electron chi connectivity index (χ0n) is 18.4. The molecule has 1 amide bonds. The van der Waals surface area contributed by atoms with Crippen LogP contribution in [-0.4, -0.2) is 35.9 Å². The number of halogens is 2. The molecule has 1 heterocycles. The van der Waals surface area contributed by atoms with E-state index < -0.39 is 17.7 Å². The number of ketones is 1. The highest BCUT2D eigenvalue weighted by Gasteiger charge is 2.46. The van der Waals surface area contributed by atoms with E-state index >= 15 is 0 Å². The molecular formula is C26H21Cl2NO5. The number of carbonyl (C=O) groups is 2. The van der Waals surface area contributed by atoms with Gasteiger partial charge in [-0.1, -0.05) is 65.7 Å². The number of hydrogen-bond acceptors (Lipinski definition) is 5. The molecular weight excluding hydrogens is 477 g/mol. The Labute approximate surface area is 206 Å². The Morgan fingerprint density at radius 2 is 1.62 bits per heavy atom. The number of hydrogen-bond donors (Lipinski definition) is 1. The van der Waals surface area contributed by atoms with Gasteiger partial charge in [-0.2, -0.15) is 0 Å². The van der Waals surface area contributed by atoms with E-state index in [1.165, 1.54) is 24.1 Å². The summed E-state index contributed by atoms with van der Waals surface area (Å²) in [5, 5.41) is 11.6. The average Bonchev–Trinajstić information content (AvgIpc) is 3.09. The Balaban J connectivity index is 1.86. The van der Waals surface area contributed by atoms with Crippen molar-refractivity contribution in [3.63, 3.8) is 0 Å². The zero-order chi connectivity index (χ0) is 24.4. The van der Waals surface area contributed by atoms with Crippen LogP contribution in [-0.2, 0) is 16.1 Å². The number of Topliss-reactive ketones (excluding diaryl/α,β-unsaturated/α-hetero) is 1. The van der Waals surface area contributed by atoms with Crippen LogP contribution < -0.4 is 9.47 Å². The summed E-state index contributed by atoms with van der Waals surface area (Å²) in [6.45, 7) is 0.141. The van der Waals surface area contributed by atoms with Crippen molar-refractivity contribution in [3.8, 4) is 11.5 Å². The van der Waals surface area contributed by atoms with Gasteiger partial charge >= 0.3 is 0 Å². The van der Waals surface area contributed by atoms with Crippen molar-refractivity contribution in [2.45, 2.75) is 12.6 Å². The second-order valence-corrected chi connectivity index (χ2v) is 8.48. The largest absolute Gasteiger partial charge is 0.507 e. The summed E-state index contributed by atoms with van der Waals surface area (Å²) in [5.41, 5.74) is 1.61. The molecule has 0 aromatic heterocycles. The molecule has 174 valence electrons. The van der Waals surface area contributed by atoms with Gasteiger partial charge < -0.3 is 19.5 Å². The minimum absolute atomic E-state index is 0.0450. The van der Waals surface area contributed by atoms with Crippen LogP contribution in [0.5, 0.6) is 11.5 Å². The van der Waals surface area contributed by atoms with Crippen molar-refractivity contribution in [2.24, 2.45) is 0 Å². The quantitative estimate of drug-likeness (QED) is 0.271. The SMILES string of the molecule is COc1cccc(CN2C(=O)C(=O)/C(=C(/O)c3cc(Cl)c(OC)c(Cl)c3)C2c2ccccc2)c1. The third-order valence-electron chi connectivity index (χ3n) is 5.62. The van der Waals surface area contributed by atoms with Crippen LogP contribution in [0, 0.1) is 0 Å². The van der Waals surface area contributed by atoms with E-state index in [2.05, 4.69) is 0 Å². The van der Waals surface area contributed by atoms with Crippen LogP contribution >= 0.6 is 23.2 Å². The van der Waals surface area contributed by atoms with Gasteiger partial charge in [-0.15, -0.1) is 0 Å². The first kappa shape index (κ1) is 23.7. The molecule has 34 heavy (non-hydrogen) atoms. The van der Waals surface area contributed by atoms with Crippen LogP contribution in [0.3, 0.4) is 0 Å². The Morgan fingerprint density at radius 3 is 2.24 bits per heavy atom. The number of methoxy groups -OCH3 is 2. The maximum Gasteiger partial charge on any atom is 0.295 e. The number of amides is 1. The van der Waals surface area contributed by atoms with Crippen LogP contribution in [0.4, 0.5) is 0 Å². The number of rotatable bonds is 6. The summed E-state index contributed by atoms with van der Waals surface area (Å²) in [6, 6.07) is 18.4. The molecule has 0 aliphatic carbocycles. The fraction of sp³-hybridized carbons (Fsp3) is 0.154. The summed E-state index contributed by atoms with van der Waals surface area (Å²) >= 11 is 12.5. The third-order valence-corrected chi connectivity index (χ3v) is 6.18. The molecule has 1 aliphatic heterocycles. The molecule has 0 saturated carbocycles. The molecule has 1 N–H and O–H groups in total. The standard InChI is InChI=1S/C26H21Cl2NO5/c1-33-18-10-6-7-15(11-18)14-29-22(16-8-4-3-5-9-16)21(24(31)26(29)32)23(30)17-12-19(27)25(34-2)20(28)13-17/h3-13,22,30H,14H2,1-2H3/b23-21+. The Bertz CT molecular complexity index is 1270. The summed E-state index contributed by atoms with van der Waals surface area (Å²) in [6.07, 6.45) is 0. The molecule has 4 rings (SSSR count). The van der Waals surface area contributed by atoms with Gasteiger partial charge in [0.2, 0.25) is 0 Å². The monoisotopic (exact) mass is 497 g/mol. The highest BCUT2D eigenvalue weighted by Crippen LogP contribution is 2.42. The molecule has 6 nitrogen and oxygen atoms in total. The zero-order valence-corrected chi connectivity index (χ0v) is 19.9. The number of likely N-dealkylation sites (tertiary alicyclic amines) is 1. The minimum atomic E-state index is -0.813. The van der Waals surface area contributed by atoms with E-state index in [-0.39, 0.29) is 39.2 Å². The lowest BCUT2D eigenvalue weighted by Crippen LogP contribution is -2.29. The Kier molecular flexibility index (Phi) is 6.82. The summed E-state index contributed by atoms with van der Waals surface area (Å²) in [5.74, 6) is -1.00. The highest BCUT2D eigenvalue weighted by atomic mass is 35.5. The van der Waals surface area contributed by atoms with Gasteiger partial charge in [0.15, 0.2) is 5.75 Å². The van der Waals surface area contributed by atoms with Crippen LogP contribution in [0.2, 0.25) is 10.0 Å². The molecule has 0 radical (unpaired) electrons. The summed E-state index contributed by atoms with van der Waals surface area (Å²) in [7, 11) is 2.98. The third kappa shape index (κ3) is 4.34. The van der Waals surface area contributed by atoms with Crippen molar-refractivity contribution >= 4 is 40.7 Å². The van der Waals surface area contributed by atoms with Gasteiger partial charge in [-0.3, -0.25) is 9.59 Å². The molecule has 1 fully saturated rings. The van der Waals surface area contributed by atoms with Crippen molar-refractivity contribution in [2.75, 3.05) is 14.2 Å². The molecule has 1 aliphatic rings. The first-order chi connectivity index (χ1) is 16.3. The van der Waals surface area contributed by atoms with Crippen LogP contribution in [0.25, 0.3) is 5.76 Å². The molecule has 3 aromatic rings. The first-order valence-electron chi connectivity index (χ1n) is 10.4. The van der Waals surface area contributed by atoms with Gasteiger partial charge in [-0.25, -0.2) is 0 Å². The lowest BCUT2D eigenvalue weighted by Gasteiger charge is -2.25. The average molecular weight is 498 g/mol. The van der Waals surface area contributed by atoms with Crippen molar-refractivity contribution in [1.82, 2.24) is 4.90 Å². The maximum absolute atomic E-state index is 13.2. The predicted molar refractivity (Wildman–Crippen MR) is 130 cm³/mol. The van der Waals surface area contributed by atoms with Crippen molar-refractivity contribution < 1.29 is 24.2 Å². The number of benzene rings is 3. The second kappa shape index (κ2) is 9.79. The van der Waals surface area contributed by atoms with E-state index in [1.807, 2.05) is 30.3 Å². The first-order valence-corrected chi connectivity index (χ1v) is 11.1. The van der Waals surface area contributed by atoms with Gasteiger partial charge in [-0.05, 0) is 35.4 Å². The molecule has 1 unspecified atom stereocenters. The van der Waals surface area contributed by atoms with Crippen LogP contribution in [0.1, 0.15) is 22.7 Å². The fourth-order valence-corrected chi connectivity index (χ4v) is 4.68. The summed E-state index contributed by atoms with van der Waals surface area (Å²) < 4.78 is 10.4. The predicted octanol–water partition coefficient (Wildman–Crippen LogP) is 5.63. The van der Waals surface area contributed by atoms with Gasteiger partial charge in [0.05, 0.1) is 35.9 Å². The number of aliphatic hydroxyl groups excluding tert-OH is 1. The van der Waals surface area contributed by atoms with Crippen molar-refractivity contribution in [1.29, 1.82) is 0 Å². The van der Waals surface area contributed by atoms with E-state index in [0.29, 0.717) is 11.3 Å². The molecule has 8 heteroatoms. The lowest BCUT2D eigenvalue weighted by atomic mass is 9.95. The number of carbonyl (C=O) groups excluding carboxylic acids is 2. The van der Waals surface area contributed by atoms with E-state index in [4.69, 9.17) is 32.7 Å². The van der Waals surface area contributed by atoms with Gasteiger partial charge in [0, 0.05) is 12.1 Å². The minimum Gasteiger partial charge on any atom is -0.507 e. The number of ether oxygens (including phenoxy) is 2.